The molecule has 1 saturated heterocycles. The van der Waals surface area contributed by atoms with Crippen LogP contribution in [0.25, 0.3) is 21.8 Å². The summed E-state index contributed by atoms with van der Waals surface area (Å²) < 4.78 is 26.9. The van der Waals surface area contributed by atoms with Gasteiger partial charge < -0.3 is 5.32 Å². The summed E-state index contributed by atoms with van der Waals surface area (Å²) in [4.78, 5) is 21.8. The van der Waals surface area contributed by atoms with E-state index < -0.39 is 10.0 Å². The number of carbonyl (C=O) groups excluding carboxylic acids is 1. The first kappa shape index (κ1) is 22.4. The van der Waals surface area contributed by atoms with Crippen LogP contribution in [0.4, 0.5) is 5.69 Å². The third kappa shape index (κ3) is 4.63. The molecule has 9 heteroatoms. The minimum Gasteiger partial charge on any atom is -0.322 e. The molecule has 1 N–H and O–H groups in total. The average Bonchev–Trinajstić information content (AvgIpc) is 3.58. The summed E-state index contributed by atoms with van der Waals surface area (Å²) in [6.45, 7) is 1.09. The molecule has 0 saturated carbocycles. The number of thiazole rings is 1. The zero-order chi connectivity index (χ0) is 23.5. The Kier molecular flexibility index (Phi) is 6.23. The predicted octanol–water partition coefficient (Wildman–Crippen LogP) is 4.91. The molecule has 172 valence electrons. The van der Waals surface area contributed by atoms with Crippen molar-refractivity contribution in [2.45, 2.75) is 17.7 Å². The zero-order valence-corrected chi connectivity index (χ0v) is 19.8. The van der Waals surface area contributed by atoms with Crippen LogP contribution >= 0.6 is 11.3 Å². The third-order valence-electron chi connectivity index (χ3n) is 5.65. The zero-order valence-electron chi connectivity index (χ0n) is 18.2. The molecule has 7 nitrogen and oxygen atoms in total. The predicted molar refractivity (Wildman–Crippen MR) is 133 cm³/mol. The number of hydrogen-bond acceptors (Lipinski definition) is 6. The summed E-state index contributed by atoms with van der Waals surface area (Å²) in [5.74, 6) is -0.309. The number of benzene rings is 2. The molecule has 4 aromatic rings. The highest BCUT2D eigenvalue weighted by Crippen LogP contribution is 2.29. The van der Waals surface area contributed by atoms with E-state index in [1.165, 1.54) is 27.8 Å². The van der Waals surface area contributed by atoms with E-state index in [0.717, 1.165) is 34.7 Å². The lowest BCUT2D eigenvalue weighted by molar-refractivity contribution is 0.102. The van der Waals surface area contributed by atoms with Gasteiger partial charge in [0.25, 0.3) is 5.91 Å². The van der Waals surface area contributed by atoms with Crippen LogP contribution in [0.15, 0.2) is 83.3 Å². The second-order valence-corrected chi connectivity index (χ2v) is 10.7. The Labute approximate surface area is 202 Å². The van der Waals surface area contributed by atoms with Gasteiger partial charge in [-0.1, -0.05) is 12.1 Å². The normalized spacial score (nSPS) is 14.2. The van der Waals surface area contributed by atoms with Crippen molar-refractivity contribution in [2.24, 2.45) is 0 Å². The second-order valence-electron chi connectivity index (χ2n) is 7.95. The monoisotopic (exact) mass is 490 g/mol. The number of nitrogens with zero attached hydrogens (tertiary/aromatic N) is 3. The van der Waals surface area contributed by atoms with Gasteiger partial charge in [-0.05, 0) is 61.4 Å². The van der Waals surface area contributed by atoms with Crippen LogP contribution in [0.2, 0.25) is 0 Å². The first-order valence-electron chi connectivity index (χ1n) is 10.9. The molecule has 2 aromatic carbocycles. The van der Waals surface area contributed by atoms with Gasteiger partial charge in [0.05, 0.1) is 10.6 Å². The minimum atomic E-state index is -3.50. The first-order chi connectivity index (χ1) is 16.5. The average molecular weight is 491 g/mol. The van der Waals surface area contributed by atoms with Gasteiger partial charge in [-0.25, -0.2) is 13.4 Å². The SMILES string of the molecule is O=C(Nc1cccc(-c2csc(-c3cccnc3)n2)c1)c1ccc(S(=O)(=O)N2CCCC2)cc1. The summed E-state index contributed by atoms with van der Waals surface area (Å²) in [5, 5.41) is 5.74. The van der Waals surface area contributed by atoms with Crippen molar-refractivity contribution >= 4 is 33.0 Å². The van der Waals surface area contributed by atoms with E-state index in [4.69, 9.17) is 4.98 Å². The van der Waals surface area contributed by atoms with Gasteiger partial charge in [0.2, 0.25) is 10.0 Å². The number of amides is 1. The highest BCUT2D eigenvalue weighted by Gasteiger charge is 2.27. The topological polar surface area (TPSA) is 92.3 Å². The van der Waals surface area contributed by atoms with Crippen LogP contribution in [-0.4, -0.2) is 41.7 Å². The molecule has 0 aliphatic carbocycles. The van der Waals surface area contributed by atoms with Crippen LogP contribution < -0.4 is 5.32 Å². The van der Waals surface area contributed by atoms with Gasteiger partial charge in [0.1, 0.15) is 5.01 Å². The molecule has 3 heterocycles. The summed E-state index contributed by atoms with van der Waals surface area (Å²) in [7, 11) is -3.50. The van der Waals surface area contributed by atoms with Crippen molar-refractivity contribution in [3.63, 3.8) is 0 Å². The van der Waals surface area contributed by atoms with Gasteiger partial charge in [0, 0.05) is 53.2 Å². The summed E-state index contributed by atoms with van der Waals surface area (Å²) in [6, 6.07) is 17.4. The van der Waals surface area contributed by atoms with Gasteiger partial charge in [-0.3, -0.25) is 9.78 Å². The molecule has 1 aliphatic heterocycles. The fourth-order valence-corrected chi connectivity index (χ4v) is 6.18. The second kappa shape index (κ2) is 9.46. The van der Waals surface area contributed by atoms with E-state index in [0.29, 0.717) is 24.3 Å². The maximum absolute atomic E-state index is 12.8. The summed E-state index contributed by atoms with van der Waals surface area (Å²) in [6.07, 6.45) is 5.26. The Morgan fingerprint density at radius 1 is 0.971 bits per heavy atom. The molecule has 0 spiro atoms. The van der Waals surface area contributed by atoms with Crippen LogP contribution in [-0.2, 0) is 10.0 Å². The van der Waals surface area contributed by atoms with Crippen LogP contribution in [0, 0.1) is 0 Å². The fourth-order valence-electron chi connectivity index (χ4n) is 3.84. The maximum Gasteiger partial charge on any atom is 0.255 e. The Hall–Kier alpha value is -3.40. The van der Waals surface area contributed by atoms with Gasteiger partial charge in [-0.2, -0.15) is 4.31 Å². The molecule has 2 aromatic heterocycles. The molecule has 0 unspecified atom stereocenters. The third-order valence-corrected chi connectivity index (χ3v) is 8.45. The molecule has 0 bridgehead atoms. The quantitative estimate of drug-likeness (QED) is 0.415. The number of aromatic nitrogens is 2. The molecule has 1 aliphatic rings. The Morgan fingerprint density at radius 3 is 2.47 bits per heavy atom. The Morgan fingerprint density at radius 2 is 1.74 bits per heavy atom. The number of pyridine rings is 1. The largest absolute Gasteiger partial charge is 0.322 e. The highest BCUT2D eigenvalue weighted by atomic mass is 32.2. The fraction of sp³-hybridized carbons (Fsp3) is 0.160. The number of carbonyl (C=O) groups is 1. The molecule has 0 atom stereocenters. The Balaban J connectivity index is 1.30. The van der Waals surface area contributed by atoms with Gasteiger partial charge in [0.15, 0.2) is 0 Å². The van der Waals surface area contributed by atoms with Crippen molar-refractivity contribution in [1.29, 1.82) is 0 Å². The lowest BCUT2D eigenvalue weighted by Crippen LogP contribution is -2.27. The molecule has 1 amide bonds. The number of nitrogens with one attached hydrogen (secondary N) is 1. The summed E-state index contributed by atoms with van der Waals surface area (Å²) >= 11 is 1.54. The standard InChI is InChI=1S/C25H22N4O3S2/c30-24(18-8-10-22(11-9-18)34(31,32)29-13-1-2-14-29)27-21-7-3-5-19(15-21)23-17-33-25(28-23)20-6-4-12-26-16-20/h3-12,15-17H,1-2,13-14H2,(H,27,30). The number of hydrogen-bond donors (Lipinski definition) is 1. The minimum absolute atomic E-state index is 0.209. The smallest absolute Gasteiger partial charge is 0.255 e. The molecular weight excluding hydrogens is 468 g/mol. The molecule has 34 heavy (non-hydrogen) atoms. The molecular formula is C25H22N4O3S2. The Bertz CT molecular complexity index is 1410. The lowest BCUT2D eigenvalue weighted by Gasteiger charge is -2.15. The van der Waals surface area contributed by atoms with E-state index in [2.05, 4.69) is 10.3 Å². The first-order valence-corrected chi connectivity index (χ1v) is 13.2. The van der Waals surface area contributed by atoms with Crippen molar-refractivity contribution in [3.05, 3.63) is 84.0 Å². The van der Waals surface area contributed by atoms with Crippen molar-refractivity contribution in [2.75, 3.05) is 18.4 Å². The lowest BCUT2D eigenvalue weighted by atomic mass is 10.1. The summed E-state index contributed by atoms with van der Waals surface area (Å²) in [5.41, 5.74) is 3.68. The van der Waals surface area contributed by atoms with Crippen LogP contribution in [0.5, 0.6) is 0 Å². The van der Waals surface area contributed by atoms with E-state index in [1.807, 2.05) is 41.8 Å². The van der Waals surface area contributed by atoms with Gasteiger partial charge in [-0.15, -0.1) is 11.3 Å². The number of sulfonamides is 1. The van der Waals surface area contributed by atoms with Crippen molar-refractivity contribution in [1.82, 2.24) is 14.3 Å². The number of rotatable bonds is 6. The van der Waals surface area contributed by atoms with E-state index in [9.17, 15) is 13.2 Å². The van der Waals surface area contributed by atoms with Gasteiger partial charge >= 0.3 is 0 Å². The van der Waals surface area contributed by atoms with E-state index >= 15 is 0 Å². The molecule has 1 fully saturated rings. The number of anilines is 1. The van der Waals surface area contributed by atoms with Crippen molar-refractivity contribution < 1.29 is 13.2 Å². The van der Waals surface area contributed by atoms with Crippen molar-refractivity contribution in [3.8, 4) is 21.8 Å². The van der Waals surface area contributed by atoms with Crippen LogP contribution in [0.1, 0.15) is 23.2 Å². The van der Waals surface area contributed by atoms with E-state index in [-0.39, 0.29) is 10.8 Å². The van der Waals surface area contributed by atoms with E-state index in [1.54, 1.807) is 24.5 Å². The highest BCUT2D eigenvalue weighted by molar-refractivity contribution is 7.89. The molecule has 0 radical (unpaired) electrons. The van der Waals surface area contributed by atoms with Crippen LogP contribution in [0.3, 0.4) is 0 Å². The maximum atomic E-state index is 12.8. The molecule has 5 rings (SSSR count).